The number of pyridine rings is 1. The van der Waals surface area contributed by atoms with Gasteiger partial charge in [0.25, 0.3) is 5.91 Å². The van der Waals surface area contributed by atoms with Crippen molar-refractivity contribution >= 4 is 29.1 Å². The van der Waals surface area contributed by atoms with E-state index in [1.54, 1.807) is 53.7 Å². The Bertz CT molecular complexity index is 719. The number of nitrogens with zero attached hydrogens (tertiary/aromatic N) is 2. The van der Waals surface area contributed by atoms with Crippen molar-refractivity contribution in [3.63, 3.8) is 0 Å². The van der Waals surface area contributed by atoms with E-state index in [-0.39, 0.29) is 17.7 Å². The zero-order chi connectivity index (χ0) is 16.9. The van der Waals surface area contributed by atoms with E-state index in [1.807, 2.05) is 0 Å². The average Bonchev–Trinajstić information content (AvgIpc) is 2.63. The first-order valence-corrected chi connectivity index (χ1v) is 8.27. The van der Waals surface area contributed by atoms with Crippen LogP contribution in [-0.4, -0.2) is 34.8 Å². The summed E-state index contributed by atoms with van der Waals surface area (Å²) in [4.78, 5) is 30.7. The van der Waals surface area contributed by atoms with Crippen LogP contribution < -0.4 is 5.32 Å². The van der Waals surface area contributed by atoms with Crippen LogP contribution in [0, 0.1) is 5.92 Å². The van der Waals surface area contributed by atoms with Gasteiger partial charge in [0.2, 0.25) is 5.91 Å². The van der Waals surface area contributed by atoms with E-state index < -0.39 is 0 Å². The Hall–Kier alpha value is -2.40. The Morgan fingerprint density at radius 3 is 2.71 bits per heavy atom. The molecule has 0 unspecified atom stereocenters. The molecule has 24 heavy (non-hydrogen) atoms. The Kier molecular flexibility index (Phi) is 5.11. The van der Waals surface area contributed by atoms with Crippen molar-refractivity contribution in [1.29, 1.82) is 0 Å². The highest BCUT2D eigenvalue weighted by atomic mass is 35.5. The molecule has 1 atom stereocenters. The standard InChI is InChI=1S/C18H18ClN3O2/c19-15-7-5-13(6-8-15)18(24)22-10-2-3-14(12-22)17(23)21-16-4-1-9-20-11-16/h1,4-9,11,14H,2-3,10,12H2,(H,21,23)/t14-/m1/s1. The molecule has 0 saturated carbocycles. The minimum atomic E-state index is -0.213. The lowest BCUT2D eigenvalue weighted by Gasteiger charge is -2.32. The van der Waals surface area contributed by atoms with E-state index in [1.165, 1.54) is 0 Å². The number of hydrogen-bond donors (Lipinski definition) is 1. The summed E-state index contributed by atoms with van der Waals surface area (Å²) in [5, 5.41) is 3.46. The Morgan fingerprint density at radius 1 is 1.21 bits per heavy atom. The van der Waals surface area contributed by atoms with Crippen molar-refractivity contribution in [3.8, 4) is 0 Å². The van der Waals surface area contributed by atoms with E-state index in [9.17, 15) is 9.59 Å². The van der Waals surface area contributed by atoms with Gasteiger partial charge in [0, 0.05) is 29.9 Å². The normalized spacial score (nSPS) is 17.4. The van der Waals surface area contributed by atoms with E-state index in [2.05, 4.69) is 10.3 Å². The van der Waals surface area contributed by atoms with Gasteiger partial charge in [-0.25, -0.2) is 0 Å². The largest absolute Gasteiger partial charge is 0.338 e. The minimum absolute atomic E-state index is 0.0643. The summed E-state index contributed by atoms with van der Waals surface area (Å²) in [6, 6.07) is 10.4. The van der Waals surface area contributed by atoms with Crippen LogP contribution in [-0.2, 0) is 4.79 Å². The van der Waals surface area contributed by atoms with Gasteiger partial charge >= 0.3 is 0 Å². The summed E-state index contributed by atoms with van der Waals surface area (Å²) in [6.45, 7) is 1.09. The van der Waals surface area contributed by atoms with Gasteiger partial charge in [-0.2, -0.15) is 0 Å². The highest BCUT2D eigenvalue weighted by Crippen LogP contribution is 2.21. The molecule has 1 saturated heterocycles. The highest BCUT2D eigenvalue weighted by molar-refractivity contribution is 6.30. The summed E-state index contributed by atoms with van der Waals surface area (Å²) in [5.74, 6) is -0.350. The molecule has 1 N–H and O–H groups in total. The molecule has 1 aliphatic rings. The van der Waals surface area contributed by atoms with Gasteiger partial charge in [0.15, 0.2) is 0 Å². The van der Waals surface area contributed by atoms with Crippen LogP contribution in [0.2, 0.25) is 5.02 Å². The van der Waals surface area contributed by atoms with Crippen molar-refractivity contribution in [2.75, 3.05) is 18.4 Å². The molecular formula is C18H18ClN3O2. The minimum Gasteiger partial charge on any atom is -0.338 e. The van der Waals surface area contributed by atoms with Gasteiger partial charge in [-0.05, 0) is 49.2 Å². The molecule has 1 aliphatic heterocycles. The molecule has 2 amide bonds. The van der Waals surface area contributed by atoms with Gasteiger partial charge in [-0.3, -0.25) is 14.6 Å². The molecule has 2 heterocycles. The van der Waals surface area contributed by atoms with Crippen LogP contribution >= 0.6 is 11.6 Å². The lowest BCUT2D eigenvalue weighted by Crippen LogP contribution is -2.43. The molecule has 2 aromatic rings. The van der Waals surface area contributed by atoms with Crippen LogP contribution in [0.3, 0.4) is 0 Å². The van der Waals surface area contributed by atoms with Crippen LogP contribution in [0.15, 0.2) is 48.8 Å². The first kappa shape index (κ1) is 16.5. The quantitative estimate of drug-likeness (QED) is 0.930. The second kappa shape index (κ2) is 7.45. The Morgan fingerprint density at radius 2 is 2.00 bits per heavy atom. The van der Waals surface area contributed by atoms with Gasteiger partial charge in [0.1, 0.15) is 0 Å². The lowest BCUT2D eigenvalue weighted by molar-refractivity contribution is -0.121. The third-order valence-electron chi connectivity index (χ3n) is 4.10. The van der Waals surface area contributed by atoms with Crippen molar-refractivity contribution in [2.24, 2.45) is 5.92 Å². The topological polar surface area (TPSA) is 62.3 Å². The zero-order valence-electron chi connectivity index (χ0n) is 13.1. The van der Waals surface area contributed by atoms with Gasteiger partial charge in [-0.15, -0.1) is 0 Å². The third-order valence-corrected chi connectivity index (χ3v) is 4.35. The van der Waals surface area contributed by atoms with Crippen molar-refractivity contribution in [3.05, 3.63) is 59.4 Å². The molecule has 5 nitrogen and oxygen atoms in total. The van der Waals surface area contributed by atoms with Crippen LogP contribution in [0.25, 0.3) is 0 Å². The highest BCUT2D eigenvalue weighted by Gasteiger charge is 2.29. The Labute approximate surface area is 145 Å². The number of hydrogen-bond acceptors (Lipinski definition) is 3. The lowest BCUT2D eigenvalue weighted by atomic mass is 9.96. The fourth-order valence-corrected chi connectivity index (χ4v) is 2.96. The molecule has 1 fully saturated rings. The SMILES string of the molecule is O=C(Nc1cccnc1)[C@@H]1CCCN(C(=O)c2ccc(Cl)cc2)C1. The molecule has 3 rings (SSSR count). The number of nitrogens with one attached hydrogen (secondary N) is 1. The zero-order valence-corrected chi connectivity index (χ0v) is 13.9. The van der Waals surface area contributed by atoms with E-state index >= 15 is 0 Å². The van der Waals surface area contributed by atoms with Gasteiger partial charge in [0.05, 0.1) is 17.8 Å². The summed E-state index contributed by atoms with van der Waals surface area (Å²) >= 11 is 5.86. The first-order valence-electron chi connectivity index (χ1n) is 7.89. The fourth-order valence-electron chi connectivity index (χ4n) is 2.83. The maximum atomic E-state index is 12.6. The predicted octanol–water partition coefficient (Wildman–Crippen LogP) is 3.23. The van der Waals surface area contributed by atoms with Crippen molar-refractivity contribution in [2.45, 2.75) is 12.8 Å². The van der Waals surface area contributed by atoms with Gasteiger partial charge < -0.3 is 10.2 Å². The number of aromatic nitrogens is 1. The maximum absolute atomic E-state index is 12.6. The summed E-state index contributed by atoms with van der Waals surface area (Å²) < 4.78 is 0. The summed E-state index contributed by atoms with van der Waals surface area (Å²) in [7, 11) is 0. The molecule has 0 aliphatic carbocycles. The molecule has 6 heteroatoms. The van der Waals surface area contributed by atoms with Crippen LogP contribution in [0.1, 0.15) is 23.2 Å². The van der Waals surface area contributed by atoms with Crippen molar-refractivity contribution in [1.82, 2.24) is 9.88 Å². The fraction of sp³-hybridized carbons (Fsp3) is 0.278. The number of carbonyl (C=O) groups is 2. The average molecular weight is 344 g/mol. The molecule has 1 aromatic heterocycles. The molecule has 0 radical (unpaired) electrons. The number of benzene rings is 1. The third kappa shape index (κ3) is 3.92. The molecule has 0 bridgehead atoms. The van der Waals surface area contributed by atoms with Gasteiger partial charge in [-0.1, -0.05) is 11.6 Å². The number of rotatable bonds is 3. The summed E-state index contributed by atoms with van der Waals surface area (Å²) in [5.41, 5.74) is 1.26. The summed E-state index contributed by atoms with van der Waals surface area (Å²) in [6.07, 6.45) is 4.85. The predicted molar refractivity (Wildman–Crippen MR) is 92.9 cm³/mol. The molecule has 1 aromatic carbocycles. The molecule has 124 valence electrons. The second-order valence-corrected chi connectivity index (χ2v) is 6.26. The molecule has 0 spiro atoms. The van der Waals surface area contributed by atoms with E-state index in [0.29, 0.717) is 29.4 Å². The van der Waals surface area contributed by atoms with E-state index in [0.717, 1.165) is 12.8 Å². The number of piperidine rings is 1. The first-order chi connectivity index (χ1) is 11.6. The van der Waals surface area contributed by atoms with Crippen LogP contribution in [0.4, 0.5) is 5.69 Å². The maximum Gasteiger partial charge on any atom is 0.253 e. The molecular weight excluding hydrogens is 326 g/mol. The van der Waals surface area contributed by atoms with Crippen LogP contribution in [0.5, 0.6) is 0 Å². The monoisotopic (exact) mass is 343 g/mol. The second-order valence-electron chi connectivity index (χ2n) is 5.83. The number of halogens is 1. The van der Waals surface area contributed by atoms with Crippen molar-refractivity contribution < 1.29 is 9.59 Å². The Balaban J connectivity index is 1.64. The number of amides is 2. The smallest absolute Gasteiger partial charge is 0.253 e. The van der Waals surface area contributed by atoms with E-state index in [4.69, 9.17) is 11.6 Å². The number of carbonyl (C=O) groups excluding carboxylic acids is 2. The number of likely N-dealkylation sites (tertiary alicyclic amines) is 1. The number of anilines is 1.